The van der Waals surface area contributed by atoms with Gasteiger partial charge in [-0.25, -0.2) is 4.79 Å². The Kier molecular flexibility index (Phi) is 5.25. The summed E-state index contributed by atoms with van der Waals surface area (Å²) in [6, 6.07) is 6.18. The quantitative estimate of drug-likeness (QED) is 0.610. The number of hydrogen-bond acceptors (Lipinski definition) is 3. The first-order chi connectivity index (χ1) is 9.24. The Morgan fingerprint density at radius 2 is 2.11 bits per heavy atom. The third kappa shape index (κ3) is 3.72. The number of carbonyl (C=O) groups is 1. The summed E-state index contributed by atoms with van der Waals surface area (Å²) in [6.45, 7) is -0.0239. The Bertz CT molecular complexity index is 439. The highest BCUT2D eigenvalue weighted by Crippen LogP contribution is 2.39. The zero-order valence-electron chi connectivity index (χ0n) is 11.2. The largest absolute Gasteiger partial charge is 0.482 e. The van der Waals surface area contributed by atoms with Crippen LogP contribution in [-0.2, 0) is 14.9 Å². The third-order valence-electron chi connectivity index (χ3n) is 3.60. The fraction of sp³-hybridized carbons (Fsp3) is 0.533. The maximum Gasteiger partial charge on any atom is 0.343 e. The van der Waals surface area contributed by atoms with E-state index in [9.17, 15) is 4.79 Å². The number of methoxy groups -OCH3 is 1. The molecule has 0 heterocycles. The molecule has 0 spiro atoms. The number of benzene rings is 1. The molecule has 2 rings (SSSR count). The molecule has 4 heteroatoms. The van der Waals surface area contributed by atoms with Crippen molar-refractivity contribution in [2.24, 2.45) is 0 Å². The summed E-state index contributed by atoms with van der Waals surface area (Å²) in [4.78, 5) is 11.2. The van der Waals surface area contributed by atoms with E-state index >= 15 is 0 Å². The van der Waals surface area contributed by atoms with Gasteiger partial charge in [-0.15, -0.1) is 0 Å². The molecule has 0 aromatic heterocycles. The molecule has 1 aliphatic rings. The average molecular weight is 327 g/mol. The highest BCUT2D eigenvalue weighted by molar-refractivity contribution is 9.08. The minimum absolute atomic E-state index is 0.0239. The molecule has 1 aliphatic carbocycles. The fourth-order valence-electron chi connectivity index (χ4n) is 2.56. The summed E-state index contributed by atoms with van der Waals surface area (Å²) < 4.78 is 10.2. The summed E-state index contributed by atoms with van der Waals surface area (Å²) in [5.74, 6) is 1.04. The normalized spacial score (nSPS) is 15.5. The molecule has 3 nitrogen and oxygen atoms in total. The van der Waals surface area contributed by atoms with E-state index in [0.29, 0.717) is 5.92 Å². The molecule has 0 unspecified atom stereocenters. The van der Waals surface area contributed by atoms with Crippen molar-refractivity contribution >= 4 is 21.9 Å². The summed E-state index contributed by atoms with van der Waals surface area (Å²) in [6.07, 6.45) is 4.97. The molecule has 104 valence electrons. The molecular formula is C15H19BrO3. The number of esters is 1. The van der Waals surface area contributed by atoms with Crippen molar-refractivity contribution in [2.45, 2.75) is 36.9 Å². The molecule has 0 amide bonds. The molecule has 0 bridgehead atoms. The van der Waals surface area contributed by atoms with Gasteiger partial charge in [-0.05, 0) is 36.0 Å². The van der Waals surface area contributed by atoms with E-state index in [1.807, 2.05) is 12.1 Å². The van der Waals surface area contributed by atoms with Crippen LogP contribution in [0, 0.1) is 0 Å². The maximum atomic E-state index is 11.2. The van der Waals surface area contributed by atoms with Crippen LogP contribution in [-0.4, -0.2) is 19.7 Å². The van der Waals surface area contributed by atoms with Crippen LogP contribution in [0.2, 0.25) is 0 Å². The smallest absolute Gasteiger partial charge is 0.343 e. The van der Waals surface area contributed by atoms with Gasteiger partial charge in [-0.1, -0.05) is 40.9 Å². The van der Waals surface area contributed by atoms with E-state index in [4.69, 9.17) is 4.74 Å². The van der Waals surface area contributed by atoms with Crippen LogP contribution in [0.4, 0.5) is 0 Å². The van der Waals surface area contributed by atoms with E-state index in [0.717, 1.165) is 11.1 Å². The first-order valence-corrected chi connectivity index (χ1v) is 7.75. The van der Waals surface area contributed by atoms with Crippen LogP contribution in [0.25, 0.3) is 0 Å². The van der Waals surface area contributed by atoms with Crippen molar-refractivity contribution in [3.63, 3.8) is 0 Å². The second-order valence-electron chi connectivity index (χ2n) is 4.85. The van der Waals surface area contributed by atoms with Gasteiger partial charge in [-0.2, -0.15) is 0 Å². The van der Waals surface area contributed by atoms with E-state index in [2.05, 4.69) is 26.7 Å². The number of rotatable bonds is 5. The lowest BCUT2D eigenvalue weighted by atomic mass is 9.95. The van der Waals surface area contributed by atoms with Gasteiger partial charge >= 0.3 is 5.97 Å². The maximum absolute atomic E-state index is 11.2. The molecule has 0 aliphatic heterocycles. The van der Waals surface area contributed by atoms with Crippen molar-refractivity contribution in [1.29, 1.82) is 0 Å². The predicted molar refractivity (Wildman–Crippen MR) is 77.8 cm³/mol. The monoisotopic (exact) mass is 326 g/mol. The van der Waals surface area contributed by atoms with Gasteiger partial charge in [0, 0.05) is 5.33 Å². The predicted octanol–water partition coefficient (Wildman–Crippen LogP) is 3.79. The Labute approximate surface area is 122 Å². The highest BCUT2D eigenvalue weighted by Gasteiger charge is 2.21. The molecule has 0 N–H and O–H groups in total. The van der Waals surface area contributed by atoms with Gasteiger partial charge in [0.2, 0.25) is 0 Å². The topological polar surface area (TPSA) is 35.5 Å². The minimum atomic E-state index is -0.345. The lowest BCUT2D eigenvalue weighted by molar-refractivity contribution is -0.142. The van der Waals surface area contributed by atoms with E-state index in [-0.39, 0.29) is 12.6 Å². The van der Waals surface area contributed by atoms with E-state index in [1.165, 1.54) is 43.9 Å². The van der Waals surface area contributed by atoms with Gasteiger partial charge in [0.15, 0.2) is 6.61 Å². The van der Waals surface area contributed by atoms with Gasteiger partial charge in [0.1, 0.15) is 5.75 Å². The molecule has 1 aromatic rings. The van der Waals surface area contributed by atoms with Gasteiger partial charge in [0.05, 0.1) is 7.11 Å². The van der Waals surface area contributed by atoms with Gasteiger partial charge in [0.25, 0.3) is 0 Å². The molecule has 19 heavy (non-hydrogen) atoms. The fourth-order valence-corrected chi connectivity index (χ4v) is 2.91. The Morgan fingerprint density at radius 1 is 1.37 bits per heavy atom. The average Bonchev–Trinajstić information content (AvgIpc) is 2.98. The zero-order chi connectivity index (χ0) is 13.7. The van der Waals surface area contributed by atoms with Crippen molar-refractivity contribution in [3.05, 3.63) is 29.3 Å². The molecule has 0 saturated heterocycles. The lowest BCUT2D eigenvalue weighted by Gasteiger charge is -2.16. The van der Waals surface area contributed by atoms with E-state index < -0.39 is 0 Å². The number of halogens is 1. The number of carbonyl (C=O) groups excluding carboxylic acids is 1. The number of ether oxygens (including phenoxy) is 2. The molecule has 1 aromatic carbocycles. The van der Waals surface area contributed by atoms with E-state index in [1.54, 1.807) is 0 Å². The van der Waals surface area contributed by atoms with Crippen LogP contribution >= 0.6 is 15.9 Å². The summed E-state index contributed by atoms with van der Waals surface area (Å²) in [5, 5.41) is 0.837. The molecule has 0 atom stereocenters. The Morgan fingerprint density at radius 3 is 2.74 bits per heavy atom. The molecular weight excluding hydrogens is 308 g/mol. The SMILES string of the molecule is COC(=O)COc1ccc(CBr)cc1C1CCCC1. The van der Waals surface area contributed by atoms with Crippen molar-refractivity contribution < 1.29 is 14.3 Å². The second kappa shape index (κ2) is 6.94. The van der Waals surface area contributed by atoms with Crippen LogP contribution in [0.1, 0.15) is 42.7 Å². The zero-order valence-corrected chi connectivity index (χ0v) is 12.7. The van der Waals surface area contributed by atoms with Crippen LogP contribution < -0.4 is 4.74 Å². The van der Waals surface area contributed by atoms with Crippen molar-refractivity contribution in [3.8, 4) is 5.75 Å². The first-order valence-electron chi connectivity index (χ1n) is 6.63. The van der Waals surface area contributed by atoms with Crippen LogP contribution in [0.5, 0.6) is 5.75 Å². The van der Waals surface area contributed by atoms with Crippen molar-refractivity contribution in [1.82, 2.24) is 0 Å². The van der Waals surface area contributed by atoms with Gasteiger partial charge in [-0.3, -0.25) is 0 Å². The molecule has 0 radical (unpaired) electrons. The lowest BCUT2D eigenvalue weighted by Crippen LogP contribution is -2.14. The van der Waals surface area contributed by atoms with Crippen LogP contribution in [0.15, 0.2) is 18.2 Å². The Hall–Kier alpha value is -1.03. The Balaban J connectivity index is 2.17. The standard InChI is InChI=1S/C15H19BrO3/c1-18-15(17)10-19-14-7-6-11(9-16)8-13(14)12-4-2-3-5-12/h6-8,12H,2-5,9-10H2,1H3. The molecule has 1 saturated carbocycles. The molecule has 1 fully saturated rings. The summed E-state index contributed by atoms with van der Waals surface area (Å²) >= 11 is 3.48. The number of hydrogen-bond donors (Lipinski definition) is 0. The van der Waals surface area contributed by atoms with Gasteiger partial charge < -0.3 is 9.47 Å². The first kappa shape index (κ1) is 14.4. The second-order valence-corrected chi connectivity index (χ2v) is 5.41. The summed E-state index contributed by atoms with van der Waals surface area (Å²) in [7, 11) is 1.37. The van der Waals surface area contributed by atoms with Crippen molar-refractivity contribution in [2.75, 3.05) is 13.7 Å². The third-order valence-corrected chi connectivity index (χ3v) is 4.24. The highest BCUT2D eigenvalue weighted by atomic mass is 79.9. The number of alkyl halides is 1. The minimum Gasteiger partial charge on any atom is -0.482 e. The summed E-state index contributed by atoms with van der Waals surface area (Å²) in [5.41, 5.74) is 2.48. The van der Waals surface area contributed by atoms with Crippen LogP contribution in [0.3, 0.4) is 0 Å².